The van der Waals surface area contributed by atoms with Crippen molar-refractivity contribution in [2.24, 2.45) is 0 Å². The molecule has 0 amide bonds. The van der Waals surface area contributed by atoms with Gasteiger partial charge in [0.15, 0.2) is 0 Å². The van der Waals surface area contributed by atoms with Crippen molar-refractivity contribution in [1.29, 1.82) is 0 Å². The first kappa shape index (κ1) is 12.9. The summed E-state index contributed by atoms with van der Waals surface area (Å²) in [5.74, 6) is 0. The SMILES string of the molecule is CCc1sccc1Nc1ccccc1-c1ccccc1. The van der Waals surface area contributed by atoms with Crippen LogP contribution in [0, 0.1) is 0 Å². The van der Waals surface area contributed by atoms with E-state index in [2.05, 4.69) is 72.2 Å². The van der Waals surface area contributed by atoms with Crippen molar-refractivity contribution in [3.63, 3.8) is 0 Å². The number of rotatable bonds is 4. The molecule has 1 N–H and O–H groups in total. The Hall–Kier alpha value is -2.06. The molecule has 2 heteroatoms. The molecule has 1 nitrogen and oxygen atoms in total. The van der Waals surface area contributed by atoms with Gasteiger partial charge in [0.1, 0.15) is 0 Å². The average Bonchev–Trinajstić information content (AvgIpc) is 2.96. The minimum absolute atomic E-state index is 1.06. The highest BCUT2D eigenvalue weighted by molar-refractivity contribution is 7.10. The second-order valence-corrected chi connectivity index (χ2v) is 5.65. The van der Waals surface area contributed by atoms with Gasteiger partial charge >= 0.3 is 0 Å². The molecule has 2 aromatic carbocycles. The normalized spacial score (nSPS) is 10.4. The van der Waals surface area contributed by atoms with Crippen molar-refractivity contribution in [1.82, 2.24) is 0 Å². The van der Waals surface area contributed by atoms with E-state index in [-0.39, 0.29) is 0 Å². The highest BCUT2D eigenvalue weighted by atomic mass is 32.1. The summed E-state index contributed by atoms with van der Waals surface area (Å²) in [5.41, 5.74) is 4.86. The van der Waals surface area contributed by atoms with Gasteiger partial charge in [-0.2, -0.15) is 0 Å². The fourth-order valence-electron chi connectivity index (χ4n) is 2.33. The molecule has 0 fully saturated rings. The summed E-state index contributed by atoms with van der Waals surface area (Å²) in [7, 11) is 0. The number of hydrogen-bond acceptors (Lipinski definition) is 2. The summed E-state index contributed by atoms with van der Waals surface area (Å²) < 4.78 is 0. The Balaban J connectivity index is 1.99. The zero-order chi connectivity index (χ0) is 13.8. The van der Waals surface area contributed by atoms with Crippen LogP contribution in [0.5, 0.6) is 0 Å². The van der Waals surface area contributed by atoms with Crippen molar-refractivity contribution < 1.29 is 0 Å². The van der Waals surface area contributed by atoms with Gasteiger partial charge in [-0.25, -0.2) is 0 Å². The van der Waals surface area contributed by atoms with Gasteiger partial charge in [0, 0.05) is 16.1 Å². The molecule has 100 valence electrons. The fourth-order valence-corrected chi connectivity index (χ4v) is 3.11. The minimum Gasteiger partial charge on any atom is -0.354 e. The number of thiophene rings is 1. The van der Waals surface area contributed by atoms with Crippen LogP contribution in [0.15, 0.2) is 66.0 Å². The van der Waals surface area contributed by atoms with Gasteiger partial charge in [0.05, 0.1) is 5.69 Å². The predicted octanol–water partition coefficient (Wildman–Crippen LogP) is 5.72. The van der Waals surface area contributed by atoms with Crippen molar-refractivity contribution in [2.45, 2.75) is 13.3 Å². The smallest absolute Gasteiger partial charge is 0.0525 e. The molecule has 0 radical (unpaired) electrons. The van der Waals surface area contributed by atoms with Gasteiger partial charge in [-0.1, -0.05) is 55.5 Å². The lowest BCUT2D eigenvalue weighted by atomic mass is 10.0. The van der Waals surface area contributed by atoms with E-state index >= 15 is 0 Å². The van der Waals surface area contributed by atoms with Crippen LogP contribution in [0.4, 0.5) is 11.4 Å². The van der Waals surface area contributed by atoms with E-state index in [1.165, 1.54) is 21.7 Å². The zero-order valence-electron chi connectivity index (χ0n) is 11.5. The summed E-state index contributed by atoms with van der Waals surface area (Å²) in [6.07, 6.45) is 1.06. The van der Waals surface area contributed by atoms with Crippen molar-refractivity contribution in [2.75, 3.05) is 5.32 Å². The van der Waals surface area contributed by atoms with Crippen LogP contribution in [0.1, 0.15) is 11.8 Å². The summed E-state index contributed by atoms with van der Waals surface area (Å²) in [4.78, 5) is 1.40. The molecule has 0 atom stereocenters. The van der Waals surface area contributed by atoms with Crippen LogP contribution in [-0.2, 0) is 6.42 Å². The number of aryl methyl sites for hydroxylation is 1. The van der Waals surface area contributed by atoms with Crippen molar-refractivity contribution in [3.8, 4) is 11.1 Å². The first-order chi connectivity index (χ1) is 9.88. The second-order valence-electron chi connectivity index (χ2n) is 4.65. The molecule has 0 bridgehead atoms. The standard InChI is InChI=1S/C18H17NS/c1-2-18-17(12-13-20-18)19-16-11-7-6-10-15(16)14-8-4-3-5-9-14/h3-13,19H,2H2,1H3. The Kier molecular flexibility index (Phi) is 3.84. The van der Waals surface area contributed by atoms with E-state index in [1.807, 2.05) is 17.4 Å². The van der Waals surface area contributed by atoms with Gasteiger partial charge in [-0.3, -0.25) is 0 Å². The Morgan fingerprint density at radius 2 is 1.60 bits per heavy atom. The zero-order valence-corrected chi connectivity index (χ0v) is 12.3. The van der Waals surface area contributed by atoms with E-state index in [1.54, 1.807) is 0 Å². The first-order valence-corrected chi connectivity index (χ1v) is 7.74. The monoisotopic (exact) mass is 279 g/mol. The maximum atomic E-state index is 3.58. The maximum absolute atomic E-state index is 3.58. The van der Waals surface area contributed by atoms with Crippen LogP contribution in [0.25, 0.3) is 11.1 Å². The van der Waals surface area contributed by atoms with Crippen LogP contribution in [0.3, 0.4) is 0 Å². The van der Waals surface area contributed by atoms with E-state index in [0.29, 0.717) is 0 Å². The highest BCUT2D eigenvalue weighted by Gasteiger charge is 2.07. The highest BCUT2D eigenvalue weighted by Crippen LogP contribution is 2.32. The van der Waals surface area contributed by atoms with E-state index in [0.717, 1.165) is 12.1 Å². The minimum atomic E-state index is 1.06. The molecule has 1 aromatic heterocycles. The summed E-state index contributed by atoms with van der Waals surface area (Å²) in [6, 6.07) is 21.1. The Bertz CT molecular complexity index is 685. The van der Waals surface area contributed by atoms with E-state index in [4.69, 9.17) is 0 Å². The number of para-hydroxylation sites is 1. The summed E-state index contributed by atoms with van der Waals surface area (Å²) in [5, 5.41) is 5.73. The lowest BCUT2D eigenvalue weighted by molar-refractivity contribution is 1.19. The van der Waals surface area contributed by atoms with Crippen LogP contribution in [-0.4, -0.2) is 0 Å². The molecular weight excluding hydrogens is 262 g/mol. The number of benzene rings is 2. The quantitative estimate of drug-likeness (QED) is 0.644. The van der Waals surface area contributed by atoms with Gasteiger partial charge in [0.25, 0.3) is 0 Å². The molecule has 1 heterocycles. The molecule has 0 spiro atoms. The fraction of sp³-hybridized carbons (Fsp3) is 0.111. The molecule has 0 saturated heterocycles. The number of hydrogen-bond donors (Lipinski definition) is 1. The molecule has 3 aromatic rings. The average molecular weight is 279 g/mol. The molecule has 0 saturated carbocycles. The molecule has 0 aliphatic heterocycles. The molecule has 3 rings (SSSR count). The third-order valence-corrected chi connectivity index (χ3v) is 4.41. The van der Waals surface area contributed by atoms with Gasteiger partial charge < -0.3 is 5.32 Å². The Morgan fingerprint density at radius 1 is 0.850 bits per heavy atom. The Labute approximate surface area is 123 Å². The molecule has 0 aliphatic carbocycles. The maximum Gasteiger partial charge on any atom is 0.0525 e. The molecule has 0 aliphatic rings. The first-order valence-electron chi connectivity index (χ1n) is 6.86. The largest absolute Gasteiger partial charge is 0.354 e. The van der Waals surface area contributed by atoms with Crippen LogP contribution in [0.2, 0.25) is 0 Å². The van der Waals surface area contributed by atoms with E-state index < -0.39 is 0 Å². The molecule has 20 heavy (non-hydrogen) atoms. The third-order valence-electron chi connectivity index (χ3n) is 3.35. The predicted molar refractivity (Wildman–Crippen MR) is 88.9 cm³/mol. The Morgan fingerprint density at radius 3 is 2.40 bits per heavy atom. The van der Waals surface area contributed by atoms with E-state index in [9.17, 15) is 0 Å². The van der Waals surface area contributed by atoms with Crippen LogP contribution < -0.4 is 5.32 Å². The van der Waals surface area contributed by atoms with Gasteiger partial charge in [0.2, 0.25) is 0 Å². The third kappa shape index (κ3) is 2.61. The summed E-state index contributed by atoms with van der Waals surface area (Å²) in [6.45, 7) is 2.19. The number of nitrogens with one attached hydrogen (secondary N) is 1. The number of anilines is 2. The van der Waals surface area contributed by atoms with Gasteiger partial charge in [-0.05, 0) is 29.5 Å². The van der Waals surface area contributed by atoms with Gasteiger partial charge in [-0.15, -0.1) is 11.3 Å². The topological polar surface area (TPSA) is 12.0 Å². The second kappa shape index (κ2) is 5.93. The molecular formula is C18H17NS. The van der Waals surface area contributed by atoms with Crippen molar-refractivity contribution in [3.05, 3.63) is 70.9 Å². The lowest BCUT2D eigenvalue weighted by Gasteiger charge is -2.12. The van der Waals surface area contributed by atoms with Crippen LogP contribution >= 0.6 is 11.3 Å². The molecule has 0 unspecified atom stereocenters. The lowest BCUT2D eigenvalue weighted by Crippen LogP contribution is -1.94. The van der Waals surface area contributed by atoms with Crippen molar-refractivity contribution >= 4 is 22.7 Å². The summed E-state index contributed by atoms with van der Waals surface area (Å²) >= 11 is 1.81.